The van der Waals surface area contributed by atoms with Gasteiger partial charge in [0.1, 0.15) is 17.7 Å². The van der Waals surface area contributed by atoms with Crippen LogP contribution in [0, 0.1) is 26.2 Å². The number of terminal acetylenes is 1. The lowest BCUT2D eigenvalue weighted by Crippen LogP contribution is -2.53. The fourth-order valence-electron chi connectivity index (χ4n) is 4.36. The summed E-state index contributed by atoms with van der Waals surface area (Å²) in [7, 11) is 0. The van der Waals surface area contributed by atoms with E-state index in [1.165, 1.54) is 0 Å². The Morgan fingerprint density at radius 2 is 1.73 bits per heavy atom. The summed E-state index contributed by atoms with van der Waals surface area (Å²) < 4.78 is 5.46. The number of alkyl carbamates (subject to hydrolysis) is 1. The highest BCUT2D eigenvalue weighted by atomic mass is 32.2. The lowest BCUT2D eigenvalue weighted by atomic mass is 9.96. The van der Waals surface area contributed by atoms with E-state index in [4.69, 9.17) is 11.2 Å². The van der Waals surface area contributed by atoms with Gasteiger partial charge in [0, 0.05) is 17.8 Å². The van der Waals surface area contributed by atoms with E-state index in [-0.39, 0.29) is 11.8 Å². The maximum Gasteiger partial charge on any atom is 0.408 e. The van der Waals surface area contributed by atoms with Gasteiger partial charge in [-0.15, -0.1) is 6.42 Å². The van der Waals surface area contributed by atoms with Gasteiger partial charge in [-0.05, 0) is 82.2 Å². The van der Waals surface area contributed by atoms with Crippen molar-refractivity contribution < 1.29 is 19.1 Å². The van der Waals surface area contributed by atoms with Gasteiger partial charge in [-0.2, -0.15) is 11.8 Å². The zero-order valence-electron chi connectivity index (χ0n) is 24.8. The summed E-state index contributed by atoms with van der Waals surface area (Å²) >= 11 is 1.57. The SMILES string of the molecule is C#Cc1ccccc1C(C(=O)Nc1c(C)cccc1C)N(CCCC)C(=O)C(CCSC)NC(=O)OC(C)(C)C. The van der Waals surface area contributed by atoms with Crippen molar-refractivity contribution in [1.29, 1.82) is 0 Å². The normalized spacial score (nSPS) is 12.6. The number of nitrogens with one attached hydrogen (secondary N) is 2. The van der Waals surface area contributed by atoms with Crippen molar-refractivity contribution in [1.82, 2.24) is 10.2 Å². The zero-order valence-corrected chi connectivity index (χ0v) is 25.6. The Labute approximate surface area is 243 Å². The van der Waals surface area contributed by atoms with Crippen LogP contribution in [0.5, 0.6) is 0 Å². The monoisotopic (exact) mass is 565 g/mol. The number of amides is 3. The Hall–Kier alpha value is -3.44. The van der Waals surface area contributed by atoms with E-state index < -0.39 is 23.8 Å². The van der Waals surface area contributed by atoms with Crippen LogP contribution in [-0.4, -0.2) is 53.0 Å². The molecule has 2 aromatic carbocycles. The van der Waals surface area contributed by atoms with E-state index in [1.807, 2.05) is 57.4 Å². The Balaban J connectivity index is 2.61. The molecule has 7 nitrogen and oxygen atoms in total. The molecule has 0 radical (unpaired) electrons. The van der Waals surface area contributed by atoms with Crippen molar-refractivity contribution in [2.45, 2.75) is 78.5 Å². The standard InChI is InChI=1S/C32H43N3O4S/c1-9-11-20-35(30(37)26(19-21-40-8)33-31(38)39-32(5,6)7)28(25-18-13-12-17-24(25)10-2)29(36)34-27-22(3)15-14-16-23(27)4/h2,12-18,26,28H,9,11,19-21H2,1,3-8H3,(H,33,38)(H,34,36). The predicted octanol–water partition coefficient (Wildman–Crippen LogP) is 6.24. The number of rotatable bonds is 12. The van der Waals surface area contributed by atoms with Crippen LogP contribution < -0.4 is 10.6 Å². The summed E-state index contributed by atoms with van der Waals surface area (Å²) in [4.78, 5) is 42.7. The highest BCUT2D eigenvalue weighted by Gasteiger charge is 2.37. The second-order valence-corrected chi connectivity index (χ2v) is 11.7. The van der Waals surface area contributed by atoms with Gasteiger partial charge < -0.3 is 20.3 Å². The molecule has 2 N–H and O–H groups in total. The molecule has 2 atom stereocenters. The quantitative estimate of drug-likeness (QED) is 0.298. The van der Waals surface area contributed by atoms with Gasteiger partial charge in [0.15, 0.2) is 0 Å². The van der Waals surface area contributed by atoms with Crippen molar-refractivity contribution >= 4 is 35.4 Å². The number of hydrogen-bond acceptors (Lipinski definition) is 5. The summed E-state index contributed by atoms with van der Waals surface area (Å²) in [6, 6.07) is 11.1. The molecule has 2 unspecified atom stereocenters. The number of anilines is 1. The summed E-state index contributed by atoms with van der Waals surface area (Å²) in [6.07, 6.45) is 8.97. The Morgan fingerprint density at radius 3 is 2.30 bits per heavy atom. The number of nitrogens with zero attached hydrogens (tertiary/aromatic N) is 1. The Kier molecular flexibility index (Phi) is 12.6. The molecule has 0 bridgehead atoms. The smallest absolute Gasteiger partial charge is 0.408 e. The molecule has 0 aliphatic heterocycles. The zero-order chi connectivity index (χ0) is 29.9. The van der Waals surface area contributed by atoms with Crippen LogP contribution in [-0.2, 0) is 14.3 Å². The van der Waals surface area contributed by atoms with Crippen LogP contribution in [0.4, 0.5) is 10.5 Å². The molecule has 0 spiro atoms. The minimum absolute atomic E-state index is 0.310. The fourth-order valence-corrected chi connectivity index (χ4v) is 4.83. The molecule has 0 aromatic heterocycles. The van der Waals surface area contributed by atoms with Crippen molar-refractivity contribution in [2.75, 3.05) is 23.9 Å². The molecule has 8 heteroatoms. The van der Waals surface area contributed by atoms with Gasteiger partial charge in [-0.25, -0.2) is 4.79 Å². The van der Waals surface area contributed by atoms with E-state index in [2.05, 4.69) is 16.6 Å². The molecule has 40 heavy (non-hydrogen) atoms. The van der Waals surface area contributed by atoms with Gasteiger partial charge in [0.25, 0.3) is 5.91 Å². The molecule has 0 saturated carbocycles. The van der Waals surface area contributed by atoms with Gasteiger partial charge in [-0.1, -0.05) is 55.7 Å². The third-order valence-electron chi connectivity index (χ3n) is 6.34. The third-order valence-corrected chi connectivity index (χ3v) is 6.98. The minimum atomic E-state index is -1.01. The van der Waals surface area contributed by atoms with Gasteiger partial charge in [0.2, 0.25) is 5.91 Å². The summed E-state index contributed by atoms with van der Waals surface area (Å²) in [6.45, 7) is 11.5. The van der Waals surface area contributed by atoms with Crippen LogP contribution in [0.2, 0.25) is 0 Å². The molecule has 3 amide bonds. The predicted molar refractivity (Wildman–Crippen MR) is 164 cm³/mol. The molecule has 0 saturated heterocycles. The van der Waals surface area contributed by atoms with Gasteiger partial charge in [-0.3, -0.25) is 9.59 Å². The Bertz CT molecular complexity index is 1200. The first-order valence-corrected chi connectivity index (χ1v) is 15.0. The topological polar surface area (TPSA) is 87.7 Å². The second kappa shape index (κ2) is 15.4. The highest BCUT2D eigenvalue weighted by molar-refractivity contribution is 7.98. The summed E-state index contributed by atoms with van der Waals surface area (Å²) in [5.74, 6) is 2.58. The van der Waals surface area contributed by atoms with E-state index in [9.17, 15) is 14.4 Å². The average Bonchev–Trinajstić information content (AvgIpc) is 2.89. The molecule has 216 valence electrons. The van der Waals surface area contributed by atoms with Crippen molar-refractivity contribution in [3.05, 3.63) is 64.7 Å². The number of unbranched alkanes of at least 4 members (excludes halogenated alkanes) is 1. The number of para-hydroxylation sites is 1. The summed E-state index contributed by atoms with van der Waals surface area (Å²) in [5, 5.41) is 5.85. The second-order valence-electron chi connectivity index (χ2n) is 10.8. The molecule has 0 heterocycles. The van der Waals surface area contributed by atoms with Crippen LogP contribution >= 0.6 is 11.8 Å². The Morgan fingerprint density at radius 1 is 1.07 bits per heavy atom. The first-order chi connectivity index (χ1) is 18.9. The fraction of sp³-hybridized carbons (Fsp3) is 0.469. The van der Waals surface area contributed by atoms with E-state index in [1.54, 1.807) is 49.6 Å². The number of carbonyl (C=O) groups is 3. The number of aryl methyl sites for hydroxylation is 2. The van der Waals surface area contributed by atoms with Gasteiger partial charge in [0.05, 0.1) is 0 Å². The maximum atomic E-state index is 14.3. The van der Waals surface area contributed by atoms with Crippen LogP contribution in [0.1, 0.15) is 75.3 Å². The average molecular weight is 566 g/mol. The van der Waals surface area contributed by atoms with Gasteiger partial charge >= 0.3 is 6.09 Å². The molecular weight excluding hydrogens is 522 g/mol. The number of thioether (sulfide) groups is 1. The lowest BCUT2D eigenvalue weighted by Gasteiger charge is -2.35. The molecule has 0 fully saturated rings. The van der Waals surface area contributed by atoms with Crippen LogP contribution in [0.15, 0.2) is 42.5 Å². The van der Waals surface area contributed by atoms with Crippen LogP contribution in [0.3, 0.4) is 0 Å². The first-order valence-electron chi connectivity index (χ1n) is 13.6. The number of ether oxygens (including phenoxy) is 1. The van der Waals surface area contributed by atoms with E-state index in [0.29, 0.717) is 42.0 Å². The molecule has 2 aromatic rings. The number of benzene rings is 2. The number of carbonyl (C=O) groups excluding carboxylic acids is 3. The summed E-state index contributed by atoms with van der Waals surface area (Å²) in [5.41, 5.74) is 2.88. The molecular formula is C32H43N3O4S. The first kappa shape index (κ1) is 32.8. The largest absolute Gasteiger partial charge is 0.444 e. The molecule has 0 aliphatic rings. The van der Waals surface area contributed by atoms with Crippen molar-refractivity contribution in [2.24, 2.45) is 0 Å². The molecule has 0 aliphatic carbocycles. The maximum absolute atomic E-state index is 14.3. The highest BCUT2D eigenvalue weighted by Crippen LogP contribution is 2.29. The van der Waals surface area contributed by atoms with Crippen molar-refractivity contribution in [3.63, 3.8) is 0 Å². The van der Waals surface area contributed by atoms with Crippen LogP contribution in [0.25, 0.3) is 0 Å². The van der Waals surface area contributed by atoms with E-state index in [0.717, 1.165) is 17.5 Å². The lowest BCUT2D eigenvalue weighted by molar-refractivity contribution is -0.141. The number of hydrogen-bond donors (Lipinski definition) is 2. The third kappa shape index (κ3) is 9.34. The van der Waals surface area contributed by atoms with E-state index >= 15 is 0 Å². The molecule has 2 rings (SSSR count). The van der Waals surface area contributed by atoms with Crippen molar-refractivity contribution in [3.8, 4) is 12.3 Å². The minimum Gasteiger partial charge on any atom is -0.444 e.